The quantitative estimate of drug-likeness (QED) is 0.723. The maximum absolute atomic E-state index is 11.8. The van der Waals surface area contributed by atoms with Crippen LogP contribution in [-0.4, -0.2) is 35.3 Å². The molecular formula is C12H18N2O2. The first-order chi connectivity index (χ1) is 7.51. The van der Waals surface area contributed by atoms with Crippen molar-refractivity contribution < 1.29 is 9.59 Å². The zero-order valence-electron chi connectivity index (χ0n) is 10.3. The van der Waals surface area contributed by atoms with E-state index in [-0.39, 0.29) is 5.91 Å². The number of carbonyl (C=O) groups excluding carboxylic acids is 2. The molecule has 1 heterocycles. The van der Waals surface area contributed by atoms with E-state index < -0.39 is 0 Å². The number of amides is 1. The molecule has 1 amide bonds. The van der Waals surface area contributed by atoms with Crippen molar-refractivity contribution in [2.24, 2.45) is 0 Å². The van der Waals surface area contributed by atoms with Crippen LogP contribution < -0.4 is 0 Å². The fourth-order valence-corrected chi connectivity index (χ4v) is 1.62. The summed E-state index contributed by atoms with van der Waals surface area (Å²) in [5.74, 6) is 0.0572. The Kier molecular flexibility index (Phi) is 3.88. The monoisotopic (exact) mass is 222 g/mol. The molecule has 0 aliphatic carbocycles. The summed E-state index contributed by atoms with van der Waals surface area (Å²) in [7, 11) is 1.77. The van der Waals surface area contributed by atoms with E-state index >= 15 is 0 Å². The average Bonchev–Trinajstić information content (AvgIpc) is 2.55. The highest BCUT2D eigenvalue weighted by molar-refractivity contribution is 5.79. The van der Waals surface area contributed by atoms with Crippen molar-refractivity contribution in [1.82, 2.24) is 9.47 Å². The number of aldehydes is 1. The number of rotatable bonds is 4. The minimum absolute atomic E-state index is 0.0572. The summed E-state index contributed by atoms with van der Waals surface area (Å²) in [6.07, 6.45) is 0.826. The van der Waals surface area contributed by atoms with Crippen molar-refractivity contribution in [3.8, 4) is 0 Å². The summed E-state index contributed by atoms with van der Waals surface area (Å²) < 4.78 is 1.87. The number of hydrogen-bond donors (Lipinski definition) is 0. The second-order valence-corrected chi connectivity index (χ2v) is 3.94. The van der Waals surface area contributed by atoms with Crippen LogP contribution in [0.15, 0.2) is 6.07 Å². The van der Waals surface area contributed by atoms with Gasteiger partial charge in [0.1, 0.15) is 6.54 Å². The van der Waals surface area contributed by atoms with Gasteiger partial charge in [0.2, 0.25) is 5.91 Å². The number of likely N-dealkylation sites (N-methyl/N-ethyl adjacent to an activating group) is 1. The van der Waals surface area contributed by atoms with Crippen molar-refractivity contribution in [2.75, 3.05) is 13.6 Å². The largest absolute Gasteiger partial charge is 0.344 e. The van der Waals surface area contributed by atoms with Crippen LogP contribution >= 0.6 is 0 Å². The molecule has 1 aromatic rings. The van der Waals surface area contributed by atoms with Gasteiger partial charge in [0.15, 0.2) is 6.29 Å². The predicted molar refractivity (Wildman–Crippen MR) is 62.6 cm³/mol. The summed E-state index contributed by atoms with van der Waals surface area (Å²) in [4.78, 5) is 24.2. The Balaban J connectivity index is 2.93. The van der Waals surface area contributed by atoms with E-state index in [0.717, 1.165) is 17.7 Å². The van der Waals surface area contributed by atoms with Gasteiger partial charge in [-0.3, -0.25) is 9.59 Å². The van der Waals surface area contributed by atoms with Crippen molar-refractivity contribution in [3.05, 3.63) is 23.0 Å². The average molecular weight is 222 g/mol. The van der Waals surface area contributed by atoms with E-state index in [1.165, 1.54) is 0 Å². The van der Waals surface area contributed by atoms with E-state index in [1.54, 1.807) is 11.9 Å². The second-order valence-electron chi connectivity index (χ2n) is 3.94. The number of aryl methyl sites for hydroxylation is 1. The highest BCUT2D eigenvalue weighted by Crippen LogP contribution is 2.13. The van der Waals surface area contributed by atoms with Crippen LogP contribution in [-0.2, 0) is 11.3 Å². The summed E-state index contributed by atoms with van der Waals surface area (Å²) in [5, 5.41) is 0. The summed E-state index contributed by atoms with van der Waals surface area (Å²) in [6.45, 7) is 6.69. The lowest BCUT2D eigenvalue weighted by Crippen LogP contribution is -2.30. The van der Waals surface area contributed by atoms with E-state index in [4.69, 9.17) is 0 Å². The molecule has 0 bridgehead atoms. The molecule has 0 atom stereocenters. The van der Waals surface area contributed by atoms with Gasteiger partial charge in [0, 0.05) is 30.5 Å². The normalized spacial score (nSPS) is 10.2. The molecular weight excluding hydrogens is 204 g/mol. The van der Waals surface area contributed by atoms with E-state index in [0.29, 0.717) is 18.7 Å². The van der Waals surface area contributed by atoms with Crippen LogP contribution in [0, 0.1) is 13.8 Å². The molecule has 0 aliphatic rings. The molecule has 88 valence electrons. The molecule has 0 unspecified atom stereocenters. The van der Waals surface area contributed by atoms with Crippen LogP contribution in [0.5, 0.6) is 0 Å². The molecule has 1 aromatic heterocycles. The third kappa shape index (κ3) is 2.32. The van der Waals surface area contributed by atoms with Crippen LogP contribution in [0.25, 0.3) is 0 Å². The van der Waals surface area contributed by atoms with Gasteiger partial charge in [0.05, 0.1) is 0 Å². The Hall–Kier alpha value is -1.58. The zero-order valence-corrected chi connectivity index (χ0v) is 10.3. The lowest BCUT2D eigenvalue weighted by molar-refractivity contribution is -0.130. The molecule has 4 heteroatoms. The SMILES string of the molecule is CCN(C)C(=O)Cn1c(C)cc(C=O)c1C. The fraction of sp³-hybridized carbons (Fsp3) is 0.500. The molecule has 0 aromatic carbocycles. The highest BCUT2D eigenvalue weighted by Gasteiger charge is 2.13. The molecule has 1 rings (SSSR count). The van der Waals surface area contributed by atoms with E-state index in [2.05, 4.69) is 0 Å². The number of hydrogen-bond acceptors (Lipinski definition) is 2. The van der Waals surface area contributed by atoms with Crippen molar-refractivity contribution in [3.63, 3.8) is 0 Å². The molecule has 0 saturated carbocycles. The molecule has 0 saturated heterocycles. The maximum Gasteiger partial charge on any atom is 0.242 e. The third-order valence-corrected chi connectivity index (χ3v) is 2.93. The van der Waals surface area contributed by atoms with Gasteiger partial charge in [-0.15, -0.1) is 0 Å². The van der Waals surface area contributed by atoms with Crippen LogP contribution in [0.1, 0.15) is 28.7 Å². The van der Waals surface area contributed by atoms with Gasteiger partial charge in [-0.1, -0.05) is 0 Å². The Morgan fingerprint density at radius 1 is 1.50 bits per heavy atom. The smallest absolute Gasteiger partial charge is 0.242 e. The molecule has 0 spiro atoms. The lowest BCUT2D eigenvalue weighted by Gasteiger charge is -2.16. The number of aromatic nitrogens is 1. The minimum Gasteiger partial charge on any atom is -0.344 e. The van der Waals surface area contributed by atoms with Gasteiger partial charge in [-0.25, -0.2) is 0 Å². The summed E-state index contributed by atoms with van der Waals surface area (Å²) >= 11 is 0. The topological polar surface area (TPSA) is 42.3 Å². The third-order valence-electron chi connectivity index (χ3n) is 2.93. The number of nitrogens with zero attached hydrogens (tertiary/aromatic N) is 2. The first-order valence-corrected chi connectivity index (χ1v) is 5.37. The first kappa shape index (κ1) is 12.5. The minimum atomic E-state index is 0.0572. The fourth-order valence-electron chi connectivity index (χ4n) is 1.62. The first-order valence-electron chi connectivity index (χ1n) is 5.37. The van der Waals surface area contributed by atoms with Crippen molar-refractivity contribution in [1.29, 1.82) is 0 Å². The standard InChI is InChI=1S/C12H18N2O2/c1-5-13(4)12(16)7-14-9(2)6-11(8-15)10(14)3/h6,8H,5,7H2,1-4H3. The van der Waals surface area contributed by atoms with E-state index in [1.807, 2.05) is 31.4 Å². The van der Waals surface area contributed by atoms with E-state index in [9.17, 15) is 9.59 Å². The molecule has 0 fully saturated rings. The van der Waals surface area contributed by atoms with Gasteiger partial charge >= 0.3 is 0 Å². The van der Waals surface area contributed by atoms with Gasteiger partial charge < -0.3 is 9.47 Å². The Morgan fingerprint density at radius 2 is 2.12 bits per heavy atom. The van der Waals surface area contributed by atoms with Gasteiger partial charge in [-0.05, 0) is 26.8 Å². The highest BCUT2D eigenvalue weighted by atomic mass is 16.2. The summed E-state index contributed by atoms with van der Waals surface area (Å²) in [6, 6.07) is 1.81. The maximum atomic E-state index is 11.8. The Morgan fingerprint density at radius 3 is 2.56 bits per heavy atom. The Bertz CT molecular complexity index is 407. The predicted octanol–water partition coefficient (Wildman–Crippen LogP) is 1.40. The van der Waals surface area contributed by atoms with Crippen molar-refractivity contribution in [2.45, 2.75) is 27.3 Å². The Labute approximate surface area is 95.9 Å². The molecule has 0 aliphatic heterocycles. The molecule has 4 nitrogen and oxygen atoms in total. The van der Waals surface area contributed by atoms with Crippen LogP contribution in [0.2, 0.25) is 0 Å². The zero-order chi connectivity index (χ0) is 12.3. The molecule has 0 N–H and O–H groups in total. The van der Waals surface area contributed by atoms with Gasteiger partial charge in [-0.2, -0.15) is 0 Å². The molecule has 16 heavy (non-hydrogen) atoms. The molecule has 0 radical (unpaired) electrons. The van der Waals surface area contributed by atoms with Gasteiger partial charge in [0.25, 0.3) is 0 Å². The summed E-state index contributed by atoms with van der Waals surface area (Å²) in [5.41, 5.74) is 2.45. The lowest BCUT2D eigenvalue weighted by atomic mass is 10.3. The van der Waals surface area contributed by atoms with Crippen molar-refractivity contribution >= 4 is 12.2 Å². The number of carbonyl (C=O) groups is 2. The second kappa shape index (κ2) is 4.96. The van der Waals surface area contributed by atoms with Crippen LogP contribution in [0.4, 0.5) is 0 Å². The van der Waals surface area contributed by atoms with Crippen LogP contribution in [0.3, 0.4) is 0 Å².